The molecule has 0 bridgehead atoms. The van der Waals surface area contributed by atoms with Crippen molar-refractivity contribution < 1.29 is 9.53 Å². The third-order valence-corrected chi connectivity index (χ3v) is 4.94. The van der Waals surface area contributed by atoms with Gasteiger partial charge in [-0.3, -0.25) is 0 Å². The molecule has 2 N–H and O–H groups in total. The Balaban J connectivity index is 1.42. The number of hydrogen-bond donors (Lipinski definition) is 2. The zero-order valence-electron chi connectivity index (χ0n) is 14.1. The lowest BCUT2D eigenvalue weighted by atomic mass is 9.78. The van der Waals surface area contributed by atoms with Crippen molar-refractivity contribution in [3.8, 4) is 11.8 Å². The number of nitrogens with one attached hydrogen (secondary N) is 2. The number of amides is 2. The summed E-state index contributed by atoms with van der Waals surface area (Å²) in [6.07, 6.45) is 7.90. The molecule has 2 fully saturated rings. The fourth-order valence-corrected chi connectivity index (χ4v) is 3.72. The van der Waals surface area contributed by atoms with Gasteiger partial charge in [0.2, 0.25) is 0 Å². The highest BCUT2D eigenvalue weighted by molar-refractivity contribution is 5.74. The number of ether oxygens (including phenoxy) is 1. The minimum absolute atomic E-state index is 0.0154. The van der Waals surface area contributed by atoms with Crippen molar-refractivity contribution in [1.82, 2.24) is 10.6 Å². The van der Waals surface area contributed by atoms with Gasteiger partial charge in [-0.1, -0.05) is 49.3 Å². The Morgan fingerprint density at radius 2 is 2.00 bits per heavy atom. The van der Waals surface area contributed by atoms with Crippen LogP contribution in [0.15, 0.2) is 30.3 Å². The summed E-state index contributed by atoms with van der Waals surface area (Å²) in [5.41, 5.74) is 0.977. The molecule has 1 saturated heterocycles. The van der Waals surface area contributed by atoms with Gasteiger partial charge in [-0.05, 0) is 37.8 Å². The second kappa shape index (κ2) is 8.21. The van der Waals surface area contributed by atoms with E-state index >= 15 is 0 Å². The standard InChI is InChI=1S/C20H26N2O2/c23-19(21-14-7-10-17-8-3-1-4-9-17)22-18-11-15-24-20(16-18)12-5-2-6-13-20/h1,3-4,8-9,18H,2,5-6,11-16H2,(H2,21,22,23). The molecule has 1 aliphatic heterocycles. The van der Waals surface area contributed by atoms with Gasteiger partial charge >= 0.3 is 6.03 Å². The van der Waals surface area contributed by atoms with Crippen molar-refractivity contribution in [2.45, 2.75) is 56.6 Å². The summed E-state index contributed by atoms with van der Waals surface area (Å²) < 4.78 is 6.07. The third-order valence-electron chi connectivity index (χ3n) is 4.94. The Kier molecular flexibility index (Phi) is 5.77. The summed E-state index contributed by atoms with van der Waals surface area (Å²) in [5, 5.41) is 5.92. The normalized spacial score (nSPS) is 22.2. The van der Waals surface area contributed by atoms with Crippen LogP contribution in [0.1, 0.15) is 50.5 Å². The fraction of sp³-hybridized carbons (Fsp3) is 0.550. The van der Waals surface area contributed by atoms with Crippen LogP contribution in [0, 0.1) is 11.8 Å². The predicted molar refractivity (Wildman–Crippen MR) is 94.6 cm³/mol. The molecule has 4 nitrogen and oxygen atoms in total. The molecule has 1 spiro atoms. The molecule has 4 heteroatoms. The Labute approximate surface area is 144 Å². The van der Waals surface area contributed by atoms with E-state index in [1.54, 1.807) is 0 Å². The van der Waals surface area contributed by atoms with Crippen molar-refractivity contribution in [2.75, 3.05) is 13.2 Å². The summed E-state index contributed by atoms with van der Waals surface area (Å²) >= 11 is 0. The molecule has 1 atom stereocenters. The Morgan fingerprint density at radius 1 is 1.21 bits per heavy atom. The van der Waals surface area contributed by atoms with E-state index in [0.717, 1.165) is 37.9 Å². The van der Waals surface area contributed by atoms with Gasteiger partial charge in [0.15, 0.2) is 0 Å². The summed E-state index contributed by atoms with van der Waals surface area (Å²) in [5.74, 6) is 6.02. The lowest BCUT2D eigenvalue weighted by molar-refractivity contribution is -0.107. The van der Waals surface area contributed by atoms with Crippen molar-refractivity contribution in [1.29, 1.82) is 0 Å². The van der Waals surface area contributed by atoms with Crippen LogP contribution >= 0.6 is 0 Å². The van der Waals surface area contributed by atoms with Gasteiger partial charge < -0.3 is 15.4 Å². The van der Waals surface area contributed by atoms with Crippen LogP contribution in [-0.4, -0.2) is 30.8 Å². The molecular weight excluding hydrogens is 300 g/mol. The van der Waals surface area contributed by atoms with Crippen LogP contribution in [0.4, 0.5) is 4.79 Å². The van der Waals surface area contributed by atoms with Crippen LogP contribution in [0.5, 0.6) is 0 Å². The summed E-state index contributed by atoms with van der Waals surface area (Å²) in [6.45, 7) is 1.11. The molecule has 0 aromatic heterocycles. The number of hydrogen-bond acceptors (Lipinski definition) is 2. The van der Waals surface area contributed by atoms with Gasteiger partial charge in [-0.15, -0.1) is 0 Å². The molecule has 24 heavy (non-hydrogen) atoms. The lowest BCUT2D eigenvalue weighted by Crippen LogP contribution is -2.51. The van der Waals surface area contributed by atoms with Gasteiger partial charge in [0.05, 0.1) is 12.1 Å². The Hall–Kier alpha value is -1.99. The average Bonchev–Trinajstić information content (AvgIpc) is 2.60. The molecule has 1 aromatic rings. The van der Waals surface area contributed by atoms with Gasteiger partial charge in [0, 0.05) is 18.2 Å². The van der Waals surface area contributed by atoms with E-state index in [4.69, 9.17) is 4.74 Å². The first-order valence-electron chi connectivity index (χ1n) is 8.98. The van der Waals surface area contributed by atoms with Crippen LogP contribution in [0.3, 0.4) is 0 Å². The molecule has 128 valence electrons. The molecular formula is C20H26N2O2. The van der Waals surface area contributed by atoms with Crippen LogP contribution in [0.2, 0.25) is 0 Å². The predicted octanol–water partition coefficient (Wildman–Crippen LogP) is 3.22. The third kappa shape index (κ3) is 4.75. The Bertz CT molecular complexity index is 592. The second-order valence-corrected chi connectivity index (χ2v) is 6.78. The van der Waals surface area contributed by atoms with E-state index in [9.17, 15) is 4.79 Å². The SMILES string of the molecule is O=C(NCC#Cc1ccccc1)NC1CCOC2(CCCCC2)C1. The second-order valence-electron chi connectivity index (χ2n) is 6.78. The molecule has 2 aliphatic rings. The Morgan fingerprint density at radius 3 is 2.79 bits per heavy atom. The van der Waals surface area contributed by atoms with E-state index in [2.05, 4.69) is 22.5 Å². The number of carbonyl (C=O) groups is 1. The minimum Gasteiger partial charge on any atom is -0.375 e. The maximum absolute atomic E-state index is 12.1. The van der Waals surface area contributed by atoms with Crippen molar-refractivity contribution >= 4 is 6.03 Å². The summed E-state index contributed by atoms with van der Waals surface area (Å²) in [6, 6.07) is 9.86. The lowest BCUT2D eigenvalue weighted by Gasteiger charge is -2.43. The fourth-order valence-electron chi connectivity index (χ4n) is 3.72. The van der Waals surface area contributed by atoms with Gasteiger partial charge in [-0.2, -0.15) is 0 Å². The topological polar surface area (TPSA) is 50.4 Å². The average molecular weight is 326 g/mol. The molecule has 1 unspecified atom stereocenters. The van der Waals surface area contributed by atoms with Crippen LogP contribution < -0.4 is 10.6 Å². The molecule has 3 rings (SSSR count). The first kappa shape index (κ1) is 16.9. The van der Waals surface area contributed by atoms with Crippen molar-refractivity contribution in [3.63, 3.8) is 0 Å². The number of carbonyl (C=O) groups excluding carboxylic acids is 1. The van der Waals surface area contributed by atoms with Gasteiger partial charge in [0.1, 0.15) is 0 Å². The first-order valence-corrected chi connectivity index (χ1v) is 8.98. The van der Waals surface area contributed by atoms with Crippen LogP contribution in [-0.2, 0) is 4.74 Å². The monoisotopic (exact) mass is 326 g/mol. The van der Waals surface area contributed by atoms with E-state index < -0.39 is 0 Å². The smallest absolute Gasteiger partial charge is 0.315 e. The molecule has 0 radical (unpaired) electrons. The zero-order chi connectivity index (χ0) is 16.7. The highest BCUT2D eigenvalue weighted by Gasteiger charge is 2.38. The maximum atomic E-state index is 12.1. The first-order chi connectivity index (χ1) is 11.8. The van der Waals surface area contributed by atoms with E-state index in [-0.39, 0.29) is 17.7 Å². The quantitative estimate of drug-likeness (QED) is 0.820. The number of urea groups is 1. The largest absolute Gasteiger partial charge is 0.375 e. The van der Waals surface area contributed by atoms with Gasteiger partial charge in [0.25, 0.3) is 0 Å². The maximum Gasteiger partial charge on any atom is 0.315 e. The van der Waals surface area contributed by atoms with E-state index in [1.807, 2.05) is 30.3 Å². The number of rotatable bonds is 2. The highest BCUT2D eigenvalue weighted by Crippen LogP contribution is 2.38. The molecule has 2 amide bonds. The van der Waals surface area contributed by atoms with E-state index in [1.165, 1.54) is 19.3 Å². The van der Waals surface area contributed by atoms with Gasteiger partial charge in [-0.25, -0.2) is 4.79 Å². The van der Waals surface area contributed by atoms with E-state index in [0.29, 0.717) is 6.54 Å². The molecule has 1 aromatic carbocycles. The summed E-state index contributed by atoms with van der Waals surface area (Å²) in [4.78, 5) is 12.1. The zero-order valence-corrected chi connectivity index (χ0v) is 14.1. The molecule has 1 aliphatic carbocycles. The van der Waals surface area contributed by atoms with Crippen LogP contribution in [0.25, 0.3) is 0 Å². The summed E-state index contributed by atoms with van der Waals surface area (Å²) in [7, 11) is 0. The van der Waals surface area contributed by atoms with Crippen molar-refractivity contribution in [2.24, 2.45) is 0 Å². The molecule has 1 heterocycles. The highest BCUT2D eigenvalue weighted by atomic mass is 16.5. The molecule has 1 saturated carbocycles. The van der Waals surface area contributed by atoms with Crippen molar-refractivity contribution in [3.05, 3.63) is 35.9 Å². The minimum atomic E-state index is -0.129. The number of benzene rings is 1.